The van der Waals surface area contributed by atoms with Crippen molar-refractivity contribution in [3.05, 3.63) is 47.9 Å². The molecule has 1 fully saturated rings. The van der Waals surface area contributed by atoms with Crippen LogP contribution >= 0.6 is 0 Å². The van der Waals surface area contributed by atoms with Gasteiger partial charge < -0.3 is 14.4 Å². The van der Waals surface area contributed by atoms with Crippen molar-refractivity contribution < 1.29 is 14.3 Å². The molecule has 0 bridgehead atoms. The fraction of sp³-hybridized carbons (Fsp3) is 0.368. The van der Waals surface area contributed by atoms with Crippen LogP contribution in [0.2, 0.25) is 0 Å². The molecule has 1 atom stereocenters. The van der Waals surface area contributed by atoms with Crippen LogP contribution in [0.25, 0.3) is 0 Å². The number of ether oxygens (including phenoxy) is 2. The maximum atomic E-state index is 12.4. The molecule has 134 valence electrons. The molecule has 1 amide bonds. The van der Waals surface area contributed by atoms with Crippen molar-refractivity contribution in [3.8, 4) is 17.7 Å². The summed E-state index contributed by atoms with van der Waals surface area (Å²) in [6, 6.07) is 9.56. The third-order valence-electron chi connectivity index (χ3n) is 4.13. The fourth-order valence-corrected chi connectivity index (χ4v) is 2.85. The molecule has 26 heavy (non-hydrogen) atoms. The van der Waals surface area contributed by atoms with Gasteiger partial charge in [0.05, 0.1) is 6.54 Å². The van der Waals surface area contributed by atoms with E-state index in [-0.39, 0.29) is 30.2 Å². The summed E-state index contributed by atoms with van der Waals surface area (Å²) >= 11 is 0. The number of aromatic nitrogens is 2. The van der Waals surface area contributed by atoms with Crippen molar-refractivity contribution in [2.75, 3.05) is 19.7 Å². The Bertz CT molecular complexity index is 818. The van der Waals surface area contributed by atoms with Gasteiger partial charge in [-0.2, -0.15) is 5.26 Å². The highest BCUT2D eigenvalue weighted by Gasteiger charge is 2.26. The van der Waals surface area contributed by atoms with Gasteiger partial charge >= 0.3 is 0 Å². The zero-order valence-corrected chi connectivity index (χ0v) is 14.6. The van der Waals surface area contributed by atoms with Gasteiger partial charge in [0.2, 0.25) is 5.69 Å². The van der Waals surface area contributed by atoms with Gasteiger partial charge in [-0.15, -0.1) is 0 Å². The smallest absolute Gasteiger partial charge is 0.260 e. The summed E-state index contributed by atoms with van der Waals surface area (Å²) in [6.07, 6.45) is 4.34. The predicted molar refractivity (Wildman–Crippen MR) is 93.7 cm³/mol. The van der Waals surface area contributed by atoms with E-state index in [0.717, 1.165) is 18.4 Å². The van der Waals surface area contributed by atoms with Crippen molar-refractivity contribution in [1.29, 1.82) is 5.26 Å². The molecule has 0 N–H and O–H groups in total. The van der Waals surface area contributed by atoms with E-state index in [2.05, 4.69) is 9.97 Å². The Hall–Kier alpha value is -3.14. The molecule has 3 rings (SSSR count). The third-order valence-corrected chi connectivity index (χ3v) is 4.13. The second-order valence-electron chi connectivity index (χ2n) is 6.15. The average Bonchev–Trinajstić information content (AvgIpc) is 2.67. The largest absolute Gasteiger partial charge is 0.484 e. The summed E-state index contributed by atoms with van der Waals surface area (Å²) in [5, 5.41) is 9.07. The van der Waals surface area contributed by atoms with E-state index < -0.39 is 0 Å². The van der Waals surface area contributed by atoms with Crippen molar-refractivity contribution >= 4 is 5.91 Å². The molecule has 1 saturated heterocycles. The molecule has 1 aromatic heterocycles. The third kappa shape index (κ3) is 4.48. The summed E-state index contributed by atoms with van der Waals surface area (Å²) in [4.78, 5) is 22.2. The first-order chi connectivity index (χ1) is 12.7. The Morgan fingerprint density at radius 2 is 2.23 bits per heavy atom. The Morgan fingerprint density at radius 1 is 1.38 bits per heavy atom. The van der Waals surface area contributed by atoms with E-state index in [1.165, 1.54) is 12.4 Å². The summed E-state index contributed by atoms with van der Waals surface area (Å²) in [5.74, 6) is 0.811. The van der Waals surface area contributed by atoms with Crippen molar-refractivity contribution in [3.63, 3.8) is 0 Å². The van der Waals surface area contributed by atoms with Gasteiger partial charge in [0, 0.05) is 18.9 Å². The highest BCUT2D eigenvalue weighted by atomic mass is 16.5. The molecule has 0 spiro atoms. The molecule has 1 aliphatic rings. The first-order valence-electron chi connectivity index (χ1n) is 8.50. The number of carbonyl (C=O) groups is 1. The summed E-state index contributed by atoms with van der Waals surface area (Å²) in [5.41, 5.74) is 1.23. The molecule has 1 aromatic carbocycles. The Labute approximate surface area is 152 Å². The number of rotatable bonds is 5. The minimum atomic E-state index is -0.213. The van der Waals surface area contributed by atoms with Gasteiger partial charge in [-0.3, -0.25) is 4.79 Å². The molecular formula is C19H20N4O3. The number of carbonyl (C=O) groups excluding carboxylic acids is 1. The molecule has 1 aliphatic heterocycles. The summed E-state index contributed by atoms with van der Waals surface area (Å²) in [7, 11) is 0. The van der Waals surface area contributed by atoms with Crippen LogP contribution in [-0.4, -0.2) is 46.6 Å². The first kappa shape index (κ1) is 17.7. The van der Waals surface area contributed by atoms with Crippen LogP contribution in [0.4, 0.5) is 0 Å². The highest BCUT2D eigenvalue weighted by molar-refractivity contribution is 5.77. The topological polar surface area (TPSA) is 88.3 Å². The molecule has 1 unspecified atom stereocenters. The standard InChI is InChI=1S/C19H20N4O3/c1-14-4-2-5-15(10-14)25-13-18(24)23-9-3-6-16(12-23)26-19-17(11-20)21-7-8-22-19/h2,4-5,7-8,10,16H,3,6,9,12-13H2,1H3. The summed E-state index contributed by atoms with van der Waals surface area (Å²) < 4.78 is 11.4. The number of aryl methyl sites for hydroxylation is 1. The molecule has 2 aromatic rings. The van der Waals surface area contributed by atoms with E-state index in [4.69, 9.17) is 14.7 Å². The van der Waals surface area contributed by atoms with E-state index >= 15 is 0 Å². The van der Waals surface area contributed by atoms with Crippen LogP contribution in [0.3, 0.4) is 0 Å². The molecule has 0 radical (unpaired) electrons. The van der Waals surface area contributed by atoms with Gasteiger partial charge in [-0.1, -0.05) is 12.1 Å². The Balaban J connectivity index is 1.56. The zero-order chi connectivity index (χ0) is 18.4. The van der Waals surface area contributed by atoms with Crippen LogP contribution in [0.1, 0.15) is 24.1 Å². The first-order valence-corrected chi connectivity index (χ1v) is 8.50. The summed E-state index contributed by atoms with van der Waals surface area (Å²) in [6.45, 7) is 3.08. The monoisotopic (exact) mass is 352 g/mol. The molecule has 0 saturated carbocycles. The van der Waals surface area contributed by atoms with E-state index in [1.54, 1.807) is 4.90 Å². The lowest BCUT2D eigenvalue weighted by molar-refractivity contribution is -0.136. The van der Waals surface area contributed by atoms with Crippen LogP contribution in [-0.2, 0) is 4.79 Å². The number of nitrogens with zero attached hydrogens (tertiary/aromatic N) is 4. The van der Waals surface area contributed by atoms with Crippen LogP contribution in [0, 0.1) is 18.3 Å². The quantitative estimate of drug-likeness (QED) is 0.819. The van der Waals surface area contributed by atoms with Gasteiger partial charge in [0.1, 0.15) is 17.9 Å². The van der Waals surface area contributed by atoms with Crippen LogP contribution in [0.15, 0.2) is 36.7 Å². The second kappa shape index (κ2) is 8.30. The molecule has 7 heteroatoms. The Kier molecular flexibility index (Phi) is 5.64. The van der Waals surface area contributed by atoms with Crippen LogP contribution < -0.4 is 9.47 Å². The number of amides is 1. The number of hydrogen-bond acceptors (Lipinski definition) is 6. The number of piperidine rings is 1. The molecular weight excluding hydrogens is 332 g/mol. The van der Waals surface area contributed by atoms with Gasteiger partial charge in [-0.05, 0) is 37.5 Å². The van der Waals surface area contributed by atoms with Crippen molar-refractivity contribution in [2.24, 2.45) is 0 Å². The Morgan fingerprint density at radius 3 is 3.04 bits per heavy atom. The maximum absolute atomic E-state index is 12.4. The SMILES string of the molecule is Cc1cccc(OCC(=O)N2CCCC(Oc3nccnc3C#N)C2)c1. The molecule has 2 heterocycles. The minimum absolute atomic E-state index is 0.00917. The number of benzene rings is 1. The zero-order valence-electron chi connectivity index (χ0n) is 14.6. The lowest BCUT2D eigenvalue weighted by Gasteiger charge is -2.32. The minimum Gasteiger partial charge on any atom is -0.484 e. The van der Waals surface area contributed by atoms with Crippen LogP contribution in [0.5, 0.6) is 11.6 Å². The average molecular weight is 352 g/mol. The van der Waals surface area contributed by atoms with Crippen molar-refractivity contribution in [2.45, 2.75) is 25.9 Å². The lowest BCUT2D eigenvalue weighted by atomic mass is 10.1. The van der Waals surface area contributed by atoms with E-state index in [9.17, 15) is 4.79 Å². The van der Waals surface area contributed by atoms with Gasteiger partial charge in [0.15, 0.2) is 6.61 Å². The number of nitriles is 1. The van der Waals surface area contributed by atoms with Crippen molar-refractivity contribution in [1.82, 2.24) is 14.9 Å². The predicted octanol–water partition coefficient (Wildman–Crippen LogP) is 2.11. The van der Waals surface area contributed by atoms with Gasteiger partial charge in [-0.25, -0.2) is 9.97 Å². The molecule has 0 aliphatic carbocycles. The second-order valence-corrected chi connectivity index (χ2v) is 6.15. The normalized spacial score (nSPS) is 16.6. The fourth-order valence-electron chi connectivity index (χ4n) is 2.85. The number of likely N-dealkylation sites (tertiary alicyclic amines) is 1. The maximum Gasteiger partial charge on any atom is 0.260 e. The van der Waals surface area contributed by atoms with E-state index in [1.807, 2.05) is 37.3 Å². The number of hydrogen-bond donors (Lipinski definition) is 0. The van der Waals surface area contributed by atoms with E-state index in [0.29, 0.717) is 18.8 Å². The lowest BCUT2D eigenvalue weighted by Crippen LogP contribution is -2.46. The molecule has 7 nitrogen and oxygen atoms in total. The highest BCUT2D eigenvalue weighted by Crippen LogP contribution is 2.19. The van der Waals surface area contributed by atoms with Gasteiger partial charge in [0.25, 0.3) is 11.8 Å².